The Labute approximate surface area is 307 Å². The quantitative estimate of drug-likeness (QED) is 0.111. The second-order valence-corrected chi connectivity index (χ2v) is 13.5. The molecule has 0 unspecified atom stereocenters. The molecule has 1 heterocycles. The maximum atomic E-state index is 14.4. The van der Waals surface area contributed by atoms with E-state index in [0.29, 0.717) is 45.9 Å². The number of fused-ring (bicyclic) bond motifs is 3. The Morgan fingerprint density at radius 2 is 1.45 bits per heavy atom. The molecule has 270 valence electrons. The van der Waals surface area contributed by atoms with Gasteiger partial charge >= 0.3 is 0 Å². The van der Waals surface area contributed by atoms with E-state index in [4.69, 9.17) is 18.9 Å². The van der Waals surface area contributed by atoms with E-state index in [1.165, 1.54) is 25.2 Å². The van der Waals surface area contributed by atoms with Crippen molar-refractivity contribution in [1.29, 1.82) is 0 Å². The fourth-order valence-corrected chi connectivity index (χ4v) is 8.02. The highest BCUT2D eigenvalue weighted by atomic mass is 16.5. The van der Waals surface area contributed by atoms with Gasteiger partial charge in [-0.15, -0.1) is 0 Å². The van der Waals surface area contributed by atoms with Crippen LogP contribution >= 0.6 is 0 Å². The molecule has 4 aliphatic rings. The summed E-state index contributed by atoms with van der Waals surface area (Å²) in [6.45, 7) is 1.62. The van der Waals surface area contributed by atoms with E-state index < -0.39 is 23.7 Å². The van der Waals surface area contributed by atoms with Crippen molar-refractivity contribution in [1.82, 2.24) is 0 Å². The van der Waals surface area contributed by atoms with Crippen LogP contribution in [-0.2, 0) is 19.2 Å². The number of benzene rings is 3. The van der Waals surface area contributed by atoms with Crippen molar-refractivity contribution in [2.24, 2.45) is 23.7 Å². The summed E-state index contributed by atoms with van der Waals surface area (Å²) in [6.07, 6.45) is 11.3. The van der Waals surface area contributed by atoms with Gasteiger partial charge in [-0.3, -0.25) is 24.1 Å². The molecular weight excluding hydrogens is 674 g/mol. The van der Waals surface area contributed by atoms with Crippen molar-refractivity contribution in [3.63, 3.8) is 0 Å². The van der Waals surface area contributed by atoms with Crippen molar-refractivity contribution >= 4 is 47.3 Å². The molecule has 0 aromatic heterocycles. The van der Waals surface area contributed by atoms with E-state index in [1.807, 2.05) is 54.6 Å². The summed E-state index contributed by atoms with van der Waals surface area (Å²) in [5.41, 5.74) is 4.75. The lowest BCUT2D eigenvalue weighted by atomic mass is 9.60. The maximum absolute atomic E-state index is 14.4. The molecule has 1 saturated heterocycles. The average molecular weight is 714 g/mol. The number of hydrogen-bond donors (Lipinski definition) is 1. The van der Waals surface area contributed by atoms with Gasteiger partial charge in [0.1, 0.15) is 11.5 Å². The smallest absolute Gasteiger partial charge is 0.238 e. The summed E-state index contributed by atoms with van der Waals surface area (Å²) in [5, 5.41) is 10.4. The second-order valence-electron chi connectivity index (χ2n) is 13.5. The second kappa shape index (κ2) is 14.1. The SMILES string of the molecule is COc1ccc(OC)c(C=Cc2ccc(N3C(=O)[C@H]4[C@H](CC=C5[C@H](C=Cc6cc(OC)c(O)c(OC)c6)C6=C(C[C@H]54)C(=O)C(C)=CC6=O)C3=O)cc2)c1. The number of rotatable bonds is 9. The number of imide groups is 1. The lowest BCUT2D eigenvalue weighted by Gasteiger charge is -2.41. The van der Waals surface area contributed by atoms with Gasteiger partial charge in [0.05, 0.1) is 46.0 Å². The van der Waals surface area contributed by atoms with Gasteiger partial charge in [0.15, 0.2) is 23.1 Å². The predicted octanol–water partition coefficient (Wildman–Crippen LogP) is 6.78. The number of Topliss-reactive ketones (excluding diaryl/α,β-unsaturated/α-hetero) is 1. The number of ether oxygens (including phenoxy) is 4. The van der Waals surface area contributed by atoms with Crippen LogP contribution in [0.5, 0.6) is 28.7 Å². The highest BCUT2D eigenvalue weighted by Crippen LogP contribution is 2.53. The molecule has 3 aromatic rings. The topological polar surface area (TPSA) is 129 Å². The standard InChI is InChI=1S/C43H39NO9/c1-23-18-34(45)38-30(14-9-25-19-36(52-4)41(47)37(20-25)53-5)29-15-16-31-39(32(29)22-33(38)40(23)46)43(49)44(42(31)48)27-11-7-24(8-12-27)6-10-26-21-28(50-2)13-17-35(26)51-3/h6-15,17-21,30-32,39,47H,16,22H2,1-5H3/t30-,31-,32+,39-/m0/s1. The number of phenolic OH excluding ortho intramolecular Hbond substituents is 1. The molecule has 10 nitrogen and oxygen atoms in total. The van der Waals surface area contributed by atoms with Crippen LogP contribution in [-0.4, -0.2) is 56.9 Å². The largest absolute Gasteiger partial charge is 0.502 e. The first-order valence-electron chi connectivity index (χ1n) is 17.3. The van der Waals surface area contributed by atoms with Gasteiger partial charge in [-0.25, -0.2) is 0 Å². The van der Waals surface area contributed by atoms with E-state index in [0.717, 1.165) is 16.7 Å². The van der Waals surface area contributed by atoms with Crippen molar-refractivity contribution in [2.75, 3.05) is 33.3 Å². The Hall–Kier alpha value is -6.16. The van der Waals surface area contributed by atoms with Crippen molar-refractivity contribution in [3.05, 3.63) is 112 Å². The fourth-order valence-electron chi connectivity index (χ4n) is 8.02. The summed E-state index contributed by atoms with van der Waals surface area (Å²) in [4.78, 5) is 56.8. The van der Waals surface area contributed by atoms with Crippen molar-refractivity contribution in [3.8, 4) is 28.7 Å². The van der Waals surface area contributed by atoms with Crippen molar-refractivity contribution < 1.29 is 43.2 Å². The fraction of sp³-hybridized carbons (Fsp3) is 0.256. The molecule has 3 aliphatic carbocycles. The molecular formula is C43H39NO9. The Morgan fingerprint density at radius 1 is 0.755 bits per heavy atom. The van der Waals surface area contributed by atoms with Crippen LogP contribution in [0.15, 0.2) is 95.1 Å². The van der Waals surface area contributed by atoms with Gasteiger partial charge in [-0.2, -0.15) is 0 Å². The van der Waals surface area contributed by atoms with E-state index in [-0.39, 0.29) is 47.1 Å². The van der Waals surface area contributed by atoms with Crippen LogP contribution in [0.25, 0.3) is 18.2 Å². The number of phenols is 1. The highest BCUT2D eigenvalue weighted by molar-refractivity contribution is 6.24. The van der Waals surface area contributed by atoms with Crippen LogP contribution in [0.3, 0.4) is 0 Å². The molecule has 0 spiro atoms. The van der Waals surface area contributed by atoms with Crippen molar-refractivity contribution in [2.45, 2.75) is 19.8 Å². The van der Waals surface area contributed by atoms with E-state index in [2.05, 4.69) is 0 Å². The summed E-state index contributed by atoms with van der Waals surface area (Å²) >= 11 is 0. The van der Waals surface area contributed by atoms with Gasteiger partial charge in [0, 0.05) is 28.2 Å². The molecule has 2 amide bonds. The maximum Gasteiger partial charge on any atom is 0.238 e. The first kappa shape index (κ1) is 35.3. The first-order valence-corrected chi connectivity index (χ1v) is 17.3. The van der Waals surface area contributed by atoms with Gasteiger partial charge in [-0.1, -0.05) is 48.1 Å². The number of methoxy groups -OCH3 is 4. The molecule has 3 aromatic carbocycles. The van der Waals surface area contributed by atoms with Gasteiger partial charge in [0.25, 0.3) is 0 Å². The molecule has 4 atom stereocenters. The molecule has 1 N–H and O–H groups in total. The molecule has 7 rings (SSSR count). The van der Waals surface area contributed by atoms with Crippen LogP contribution in [0.4, 0.5) is 5.69 Å². The monoisotopic (exact) mass is 713 g/mol. The third-order valence-electron chi connectivity index (χ3n) is 10.6. The number of anilines is 1. The number of aromatic hydroxyl groups is 1. The summed E-state index contributed by atoms with van der Waals surface area (Å²) in [6, 6.07) is 16.0. The third kappa shape index (κ3) is 6.13. The summed E-state index contributed by atoms with van der Waals surface area (Å²) in [7, 11) is 6.08. The summed E-state index contributed by atoms with van der Waals surface area (Å²) in [5.74, 6) is -1.77. The molecule has 0 radical (unpaired) electrons. The molecule has 0 saturated carbocycles. The van der Waals surface area contributed by atoms with Gasteiger partial charge in [-0.05, 0) is 85.4 Å². The summed E-state index contributed by atoms with van der Waals surface area (Å²) < 4.78 is 21.5. The minimum atomic E-state index is -0.699. The zero-order valence-electron chi connectivity index (χ0n) is 30.0. The number of allylic oxidation sites excluding steroid dienone is 7. The number of carbonyl (C=O) groups excluding carboxylic acids is 4. The normalized spacial score (nSPS) is 22.5. The Bertz CT molecular complexity index is 2180. The van der Waals surface area contributed by atoms with E-state index in [1.54, 1.807) is 51.5 Å². The van der Waals surface area contributed by atoms with E-state index >= 15 is 0 Å². The predicted molar refractivity (Wildman–Crippen MR) is 200 cm³/mol. The molecule has 1 fully saturated rings. The van der Waals surface area contributed by atoms with Crippen LogP contribution in [0, 0.1) is 23.7 Å². The third-order valence-corrected chi connectivity index (χ3v) is 10.6. The Balaban J connectivity index is 1.20. The Morgan fingerprint density at radius 3 is 2.11 bits per heavy atom. The zero-order valence-corrected chi connectivity index (χ0v) is 30.0. The Kier molecular flexibility index (Phi) is 9.38. The lowest BCUT2D eigenvalue weighted by molar-refractivity contribution is -0.123. The minimum absolute atomic E-state index is 0.140. The molecule has 53 heavy (non-hydrogen) atoms. The number of carbonyl (C=O) groups is 4. The number of hydrogen-bond acceptors (Lipinski definition) is 9. The minimum Gasteiger partial charge on any atom is -0.502 e. The van der Waals surface area contributed by atoms with E-state index in [9.17, 15) is 24.3 Å². The van der Waals surface area contributed by atoms with Gasteiger partial charge < -0.3 is 24.1 Å². The van der Waals surface area contributed by atoms with Crippen LogP contribution in [0.2, 0.25) is 0 Å². The number of ketones is 2. The number of amides is 2. The van der Waals surface area contributed by atoms with Crippen LogP contribution in [0.1, 0.15) is 36.5 Å². The molecule has 1 aliphatic heterocycles. The molecule has 10 heteroatoms. The number of nitrogens with zero attached hydrogens (tertiary/aromatic N) is 1. The molecule has 0 bridgehead atoms. The first-order chi connectivity index (χ1) is 25.6. The lowest BCUT2D eigenvalue weighted by Crippen LogP contribution is -2.40. The average Bonchev–Trinajstić information content (AvgIpc) is 3.43. The van der Waals surface area contributed by atoms with Gasteiger partial charge in [0.2, 0.25) is 17.6 Å². The zero-order chi connectivity index (χ0) is 37.6. The van der Waals surface area contributed by atoms with Crippen LogP contribution < -0.4 is 23.8 Å². The highest BCUT2D eigenvalue weighted by Gasteiger charge is 2.56.